The summed E-state index contributed by atoms with van der Waals surface area (Å²) < 4.78 is 3.39. The first-order chi connectivity index (χ1) is 31.9. The van der Waals surface area contributed by atoms with Crippen LogP contribution in [0.3, 0.4) is 0 Å². The van der Waals surface area contributed by atoms with E-state index in [4.69, 9.17) is 0 Å². The number of aromatic amines is 2. The summed E-state index contributed by atoms with van der Waals surface area (Å²) >= 11 is 0. The first-order valence-corrected chi connectivity index (χ1v) is 22.9. The van der Waals surface area contributed by atoms with Crippen LogP contribution in [0.4, 0.5) is 0 Å². The van der Waals surface area contributed by atoms with Crippen LogP contribution in [0.2, 0.25) is 0 Å². The second-order valence-electron chi connectivity index (χ2n) is 16.7. The Labute approximate surface area is 378 Å². The smallest absolute Gasteiger partial charge is 0.254 e. The highest BCUT2D eigenvalue weighted by atomic mass is 16.2. The van der Waals surface area contributed by atoms with Crippen LogP contribution in [0, 0.1) is 0 Å². The molecule has 16 heteroatoms. The minimum atomic E-state index is -0.0794. The number of rotatable bonds is 19. The number of para-hydroxylation sites is 2. The van der Waals surface area contributed by atoms with E-state index in [1.54, 1.807) is 9.36 Å². The fraction of sp³-hybridized carbons (Fsp3) is 0.347. The minimum absolute atomic E-state index is 0.0415. The second-order valence-corrected chi connectivity index (χ2v) is 16.7. The molecule has 1 unspecified atom stereocenters. The van der Waals surface area contributed by atoms with Crippen molar-refractivity contribution in [3.63, 3.8) is 0 Å². The van der Waals surface area contributed by atoms with Gasteiger partial charge >= 0.3 is 0 Å². The fourth-order valence-electron chi connectivity index (χ4n) is 8.96. The highest BCUT2D eigenvalue weighted by Crippen LogP contribution is 2.27. The van der Waals surface area contributed by atoms with Crippen LogP contribution in [-0.4, -0.2) is 135 Å². The summed E-state index contributed by atoms with van der Waals surface area (Å²) in [6.45, 7) is 11.3. The van der Waals surface area contributed by atoms with Crippen LogP contribution in [0.25, 0.3) is 56.0 Å². The SMILES string of the molecule is CCCC(CCCCN1CCN(C(=O)c2cccc(-n3cc(-c4n[nH]c5ccccc45)nn3)c2)CC1)N(CC)CCCNC(=O)c1ccc(-n2cc(-c3n[nH]c4ccccc34)nn2)cc1. The first-order valence-electron chi connectivity index (χ1n) is 22.9. The monoisotopic (exact) mass is 872 g/mol. The Hall–Kier alpha value is -7.04. The van der Waals surface area contributed by atoms with Gasteiger partial charge in [-0.25, -0.2) is 9.36 Å². The molecular formula is C49H56N14O2. The van der Waals surface area contributed by atoms with Crippen LogP contribution in [0.5, 0.6) is 0 Å². The number of carbonyl (C=O) groups is 2. The molecule has 65 heavy (non-hydrogen) atoms. The Balaban J connectivity index is 0.684. The normalized spacial score (nSPS) is 13.9. The number of amides is 2. The van der Waals surface area contributed by atoms with Crippen molar-refractivity contribution in [2.75, 3.05) is 52.4 Å². The molecule has 0 radical (unpaired) electrons. The largest absolute Gasteiger partial charge is 0.352 e. The summed E-state index contributed by atoms with van der Waals surface area (Å²) in [6.07, 6.45) is 10.4. The van der Waals surface area contributed by atoms with Crippen molar-refractivity contribution in [1.82, 2.24) is 70.4 Å². The van der Waals surface area contributed by atoms with Crippen molar-refractivity contribution in [3.05, 3.63) is 121 Å². The zero-order chi connectivity index (χ0) is 44.5. The van der Waals surface area contributed by atoms with E-state index in [-0.39, 0.29) is 11.8 Å². The van der Waals surface area contributed by atoms with Gasteiger partial charge in [-0.1, -0.05) is 79.6 Å². The van der Waals surface area contributed by atoms with E-state index >= 15 is 0 Å². The average Bonchev–Trinajstić information content (AvgIpc) is 4.20. The van der Waals surface area contributed by atoms with Crippen molar-refractivity contribution in [2.45, 2.75) is 58.4 Å². The summed E-state index contributed by atoms with van der Waals surface area (Å²) in [6, 6.07) is 31.4. The van der Waals surface area contributed by atoms with Gasteiger partial charge in [0.2, 0.25) is 0 Å². The molecule has 16 nitrogen and oxygen atoms in total. The van der Waals surface area contributed by atoms with E-state index in [1.165, 1.54) is 6.42 Å². The molecule has 1 atom stereocenters. The third kappa shape index (κ3) is 9.88. The molecular weight excluding hydrogens is 817 g/mol. The highest BCUT2D eigenvalue weighted by molar-refractivity contribution is 5.96. The lowest BCUT2D eigenvalue weighted by Gasteiger charge is -2.35. The average molecular weight is 873 g/mol. The number of hydrogen-bond acceptors (Lipinski definition) is 10. The molecule has 0 saturated carbocycles. The van der Waals surface area contributed by atoms with Crippen LogP contribution >= 0.6 is 0 Å². The molecule has 1 aliphatic rings. The maximum absolute atomic E-state index is 13.6. The van der Waals surface area contributed by atoms with Gasteiger partial charge in [-0.3, -0.25) is 24.7 Å². The van der Waals surface area contributed by atoms with Crippen molar-refractivity contribution < 1.29 is 9.59 Å². The van der Waals surface area contributed by atoms with Crippen LogP contribution in [0.15, 0.2) is 109 Å². The van der Waals surface area contributed by atoms with Crippen molar-refractivity contribution in [1.29, 1.82) is 0 Å². The number of H-pyrrole nitrogens is 2. The molecule has 9 rings (SSSR count). The van der Waals surface area contributed by atoms with Gasteiger partial charge in [0, 0.05) is 67.2 Å². The van der Waals surface area contributed by atoms with Gasteiger partial charge in [-0.15, -0.1) is 10.2 Å². The van der Waals surface area contributed by atoms with Gasteiger partial charge in [-0.2, -0.15) is 10.2 Å². The molecule has 0 spiro atoms. The predicted octanol–water partition coefficient (Wildman–Crippen LogP) is 7.17. The number of carbonyl (C=O) groups excluding carboxylic acids is 2. The van der Waals surface area contributed by atoms with Gasteiger partial charge in [-0.05, 0) is 93.4 Å². The van der Waals surface area contributed by atoms with E-state index in [2.05, 4.69) is 70.0 Å². The lowest BCUT2D eigenvalue weighted by atomic mass is 10.0. The van der Waals surface area contributed by atoms with Crippen LogP contribution in [0.1, 0.15) is 73.1 Å². The third-order valence-electron chi connectivity index (χ3n) is 12.5. The molecule has 5 heterocycles. The molecule has 1 saturated heterocycles. The van der Waals surface area contributed by atoms with Gasteiger partial charge in [0.05, 0.1) is 34.8 Å². The molecule has 3 N–H and O–H groups in total. The predicted molar refractivity (Wildman–Crippen MR) is 252 cm³/mol. The number of piperazine rings is 1. The zero-order valence-corrected chi connectivity index (χ0v) is 37.1. The number of nitrogens with zero attached hydrogens (tertiary/aromatic N) is 11. The Bertz CT molecular complexity index is 2830. The third-order valence-corrected chi connectivity index (χ3v) is 12.5. The summed E-state index contributed by atoms with van der Waals surface area (Å²) in [5.74, 6) is -0.0379. The minimum Gasteiger partial charge on any atom is -0.352 e. The molecule has 0 bridgehead atoms. The second kappa shape index (κ2) is 20.2. The number of nitrogens with one attached hydrogen (secondary N) is 3. The molecule has 1 aliphatic heterocycles. The fourth-order valence-corrected chi connectivity index (χ4v) is 8.96. The van der Waals surface area contributed by atoms with E-state index in [0.717, 1.165) is 109 Å². The van der Waals surface area contributed by atoms with Gasteiger partial charge in [0.15, 0.2) is 0 Å². The van der Waals surface area contributed by atoms with Crippen molar-refractivity contribution >= 4 is 33.6 Å². The number of unbranched alkanes of at least 4 members (excludes halogenated alkanes) is 1. The summed E-state index contributed by atoms with van der Waals surface area (Å²) in [4.78, 5) is 33.8. The number of fused-ring (bicyclic) bond motifs is 2. The Kier molecular flexibility index (Phi) is 13.4. The number of hydrogen-bond donors (Lipinski definition) is 3. The standard InChI is InChI=1S/C49H56N14O2/c1-3-13-37(60(4-2)27-12-25-50-48(64)35-21-23-38(24-22-35)62-33-44(53-57-62)46-40-17-5-7-19-42(40)51-55-46)15-9-10-26-59-28-30-61(31-29-59)49(65)36-14-11-16-39(32-36)63-34-45(54-58-63)47-41-18-6-8-20-43(41)52-56-47/h5-8,11,14,16-24,32-34,37H,3-4,9-10,12-13,15,25-31H2,1-2H3,(H,50,64)(H,51,55)(H,52,56). The lowest BCUT2D eigenvalue weighted by molar-refractivity contribution is 0.0633. The first kappa shape index (κ1) is 43.2. The van der Waals surface area contributed by atoms with E-state index in [9.17, 15) is 9.59 Å². The Morgan fingerprint density at radius 3 is 1.98 bits per heavy atom. The molecule has 1 fully saturated rings. The number of aromatic nitrogens is 10. The summed E-state index contributed by atoms with van der Waals surface area (Å²) in [5, 5.41) is 37.5. The molecule has 334 valence electrons. The molecule has 0 aliphatic carbocycles. The van der Waals surface area contributed by atoms with Gasteiger partial charge < -0.3 is 15.1 Å². The maximum atomic E-state index is 13.6. The van der Waals surface area contributed by atoms with Crippen molar-refractivity contribution in [3.8, 4) is 34.2 Å². The van der Waals surface area contributed by atoms with E-state index in [0.29, 0.717) is 48.2 Å². The number of benzene rings is 4. The zero-order valence-electron chi connectivity index (χ0n) is 37.1. The molecule has 2 amide bonds. The molecule has 8 aromatic rings. The van der Waals surface area contributed by atoms with Crippen LogP contribution < -0.4 is 5.32 Å². The van der Waals surface area contributed by atoms with Crippen LogP contribution in [-0.2, 0) is 0 Å². The lowest BCUT2D eigenvalue weighted by Crippen LogP contribution is -2.48. The Morgan fingerprint density at radius 1 is 0.692 bits per heavy atom. The summed E-state index contributed by atoms with van der Waals surface area (Å²) in [7, 11) is 0. The summed E-state index contributed by atoms with van der Waals surface area (Å²) in [5.41, 5.74) is 7.58. The van der Waals surface area contributed by atoms with Gasteiger partial charge in [0.1, 0.15) is 22.8 Å². The highest BCUT2D eigenvalue weighted by Gasteiger charge is 2.23. The topological polar surface area (TPSA) is 175 Å². The van der Waals surface area contributed by atoms with Gasteiger partial charge in [0.25, 0.3) is 11.8 Å². The molecule has 4 aromatic carbocycles. The van der Waals surface area contributed by atoms with E-state index in [1.807, 2.05) is 114 Å². The molecule has 4 aromatic heterocycles. The van der Waals surface area contributed by atoms with Crippen molar-refractivity contribution in [2.24, 2.45) is 0 Å². The Morgan fingerprint density at radius 2 is 1.34 bits per heavy atom. The maximum Gasteiger partial charge on any atom is 0.254 e. The van der Waals surface area contributed by atoms with E-state index < -0.39 is 0 Å². The quantitative estimate of drug-likeness (QED) is 0.0707.